The maximum absolute atomic E-state index is 12.7. The number of fused-ring (bicyclic) bond motifs is 3. The van der Waals surface area contributed by atoms with E-state index in [9.17, 15) is 4.79 Å². The van der Waals surface area contributed by atoms with Crippen molar-refractivity contribution in [1.29, 1.82) is 0 Å². The van der Waals surface area contributed by atoms with E-state index in [0.29, 0.717) is 6.04 Å². The summed E-state index contributed by atoms with van der Waals surface area (Å²) in [5.41, 5.74) is 1.40. The van der Waals surface area contributed by atoms with E-state index in [1.165, 1.54) is 18.4 Å². The van der Waals surface area contributed by atoms with E-state index >= 15 is 0 Å². The van der Waals surface area contributed by atoms with Crippen LogP contribution in [0.1, 0.15) is 31.2 Å². The van der Waals surface area contributed by atoms with Crippen molar-refractivity contribution in [2.45, 2.75) is 44.2 Å². The molecular formula is C20H29N3O. The monoisotopic (exact) mass is 327 g/mol. The van der Waals surface area contributed by atoms with Crippen molar-refractivity contribution < 1.29 is 4.79 Å². The van der Waals surface area contributed by atoms with Crippen LogP contribution in [-0.4, -0.2) is 60.5 Å². The Balaban J connectivity index is 1.23. The number of amides is 1. The van der Waals surface area contributed by atoms with Crippen molar-refractivity contribution in [3.63, 3.8) is 0 Å². The van der Waals surface area contributed by atoms with Crippen molar-refractivity contribution in [1.82, 2.24) is 15.1 Å². The minimum absolute atomic E-state index is 0.149. The number of rotatable bonds is 5. The van der Waals surface area contributed by atoms with E-state index in [2.05, 4.69) is 45.4 Å². The zero-order valence-electron chi connectivity index (χ0n) is 14.5. The maximum Gasteiger partial charge on any atom is 0.237 e. The first kappa shape index (κ1) is 16.1. The first-order chi connectivity index (χ1) is 11.8. The van der Waals surface area contributed by atoms with Crippen LogP contribution < -0.4 is 5.32 Å². The van der Waals surface area contributed by atoms with Gasteiger partial charge in [-0.3, -0.25) is 9.69 Å². The van der Waals surface area contributed by atoms with Crippen LogP contribution in [0.5, 0.6) is 0 Å². The van der Waals surface area contributed by atoms with Crippen LogP contribution in [0.15, 0.2) is 30.3 Å². The summed E-state index contributed by atoms with van der Waals surface area (Å²) in [6.07, 6.45) is 5.85. The lowest BCUT2D eigenvalue weighted by Crippen LogP contribution is -2.56. The first-order valence-electron chi connectivity index (χ1n) is 9.58. The fraction of sp³-hybridized carbons (Fsp3) is 0.650. The summed E-state index contributed by atoms with van der Waals surface area (Å²) in [4.78, 5) is 17.6. The smallest absolute Gasteiger partial charge is 0.237 e. The van der Waals surface area contributed by atoms with Crippen LogP contribution in [0, 0.1) is 5.92 Å². The molecule has 0 aliphatic carbocycles. The molecule has 0 radical (unpaired) electrons. The Labute approximate surface area is 145 Å². The summed E-state index contributed by atoms with van der Waals surface area (Å²) in [7, 11) is 0. The predicted molar refractivity (Wildman–Crippen MR) is 95.8 cm³/mol. The lowest BCUT2D eigenvalue weighted by Gasteiger charge is -2.44. The molecule has 130 valence electrons. The summed E-state index contributed by atoms with van der Waals surface area (Å²) in [5, 5.41) is 3.34. The molecule has 1 amide bonds. The lowest BCUT2D eigenvalue weighted by atomic mass is 9.83. The molecule has 1 aromatic carbocycles. The normalized spacial score (nSPS) is 32.8. The number of carbonyl (C=O) groups excluding carboxylic acids is 1. The van der Waals surface area contributed by atoms with E-state index in [1.807, 2.05) is 0 Å². The summed E-state index contributed by atoms with van der Waals surface area (Å²) in [5.74, 6) is 1.08. The van der Waals surface area contributed by atoms with E-state index < -0.39 is 0 Å². The van der Waals surface area contributed by atoms with Gasteiger partial charge in [0.1, 0.15) is 0 Å². The van der Waals surface area contributed by atoms with Gasteiger partial charge in [-0.1, -0.05) is 30.3 Å². The average Bonchev–Trinajstić information content (AvgIpc) is 3.09. The quantitative estimate of drug-likeness (QED) is 0.897. The maximum atomic E-state index is 12.7. The highest BCUT2D eigenvalue weighted by Crippen LogP contribution is 2.31. The van der Waals surface area contributed by atoms with Crippen LogP contribution in [0.4, 0.5) is 0 Å². The molecule has 2 unspecified atom stereocenters. The Morgan fingerprint density at radius 2 is 1.88 bits per heavy atom. The minimum atomic E-state index is 0.149. The molecule has 0 aromatic heterocycles. The molecular weight excluding hydrogens is 298 g/mol. The minimum Gasteiger partial charge on any atom is -0.351 e. The third kappa shape index (κ3) is 3.65. The molecule has 1 aromatic rings. The molecule has 4 aliphatic heterocycles. The van der Waals surface area contributed by atoms with E-state index in [-0.39, 0.29) is 11.9 Å². The van der Waals surface area contributed by atoms with Crippen molar-refractivity contribution in [2.24, 2.45) is 5.92 Å². The SMILES string of the molecule is O=C(NC1CCN(CCc2ccccc2)C1)C1CC2CCN1CC2. The van der Waals surface area contributed by atoms with Gasteiger partial charge in [0.15, 0.2) is 0 Å². The van der Waals surface area contributed by atoms with Gasteiger partial charge in [-0.15, -0.1) is 0 Å². The van der Waals surface area contributed by atoms with Gasteiger partial charge in [0.25, 0.3) is 0 Å². The topological polar surface area (TPSA) is 35.6 Å². The van der Waals surface area contributed by atoms with E-state index in [1.54, 1.807) is 0 Å². The largest absolute Gasteiger partial charge is 0.351 e. The van der Waals surface area contributed by atoms with Gasteiger partial charge in [-0.05, 0) is 56.7 Å². The zero-order valence-corrected chi connectivity index (χ0v) is 14.5. The van der Waals surface area contributed by atoms with Crippen molar-refractivity contribution in [3.8, 4) is 0 Å². The molecule has 2 bridgehead atoms. The van der Waals surface area contributed by atoms with E-state index in [4.69, 9.17) is 0 Å². The highest BCUT2D eigenvalue weighted by Gasteiger charge is 2.38. The third-order valence-corrected chi connectivity index (χ3v) is 6.13. The van der Waals surface area contributed by atoms with Crippen molar-refractivity contribution >= 4 is 5.91 Å². The molecule has 4 heterocycles. The van der Waals surface area contributed by atoms with E-state index in [0.717, 1.165) is 57.9 Å². The van der Waals surface area contributed by atoms with Gasteiger partial charge in [-0.2, -0.15) is 0 Å². The van der Waals surface area contributed by atoms with Gasteiger partial charge < -0.3 is 10.2 Å². The molecule has 24 heavy (non-hydrogen) atoms. The Hall–Kier alpha value is -1.39. The van der Waals surface area contributed by atoms with Crippen molar-refractivity contribution in [2.75, 3.05) is 32.7 Å². The van der Waals surface area contributed by atoms with Crippen LogP contribution in [0.2, 0.25) is 0 Å². The van der Waals surface area contributed by atoms with Gasteiger partial charge in [0.2, 0.25) is 5.91 Å². The fourth-order valence-corrected chi connectivity index (χ4v) is 4.62. The molecule has 0 spiro atoms. The van der Waals surface area contributed by atoms with Crippen LogP contribution in [0.3, 0.4) is 0 Å². The molecule has 4 nitrogen and oxygen atoms in total. The Kier molecular flexibility index (Phi) is 4.86. The summed E-state index contributed by atoms with van der Waals surface area (Å²) >= 11 is 0. The Morgan fingerprint density at radius 1 is 1.08 bits per heavy atom. The van der Waals surface area contributed by atoms with Gasteiger partial charge in [-0.25, -0.2) is 0 Å². The number of piperidine rings is 3. The molecule has 2 atom stereocenters. The number of hydrogen-bond acceptors (Lipinski definition) is 3. The Morgan fingerprint density at radius 3 is 2.58 bits per heavy atom. The number of nitrogens with zero attached hydrogens (tertiary/aromatic N) is 2. The first-order valence-corrected chi connectivity index (χ1v) is 9.58. The van der Waals surface area contributed by atoms with Gasteiger partial charge in [0.05, 0.1) is 6.04 Å². The fourth-order valence-electron chi connectivity index (χ4n) is 4.62. The molecule has 0 saturated carbocycles. The number of hydrogen-bond donors (Lipinski definition) is 1. The molecule has 4 aliphatic rings. The Bertz CT molecular complexity index is 553. The van der Waals surface area contributed by atoms with Gasteiger partial charge in [0, 0.05) is 25.7 Å². The summed E-state index contributed by atoms with van der Waals surface area (Å²) in [6.45, 7) is 5.45. The van der Waals surface area contributed by atoms with Crippen LogP contribution in [0.25, 0.3) is 0 Å². The molecule has 4 fully saturated rings. The molecule has 4 saturated heterocycles. The number of nitrogens with one attached hydrogen (secondary N) is 1. The standard InChI is InChI=1S/C20H29N3O/c24-20(19-14-17-7-12-23(19)13-8-17)21-18-9-11-22(15-18)10-6-16-4-2-1-3-5-16/h1-5,17-19H,6-15H2,(H,21,24). The molecule has 1 N–H and O–H groups in total. The van der Waals surface area contributed by atoms with Gasteiger partial charge >= 0.3 is 0 Å². The molecule has 5 rings (SSSR count). The second kappa shape index (κ2) is 7.24. The number of benzene rings is 1. The van der Waals surface area contributed by atoms with Crippen molar-refractivity contribution in [3.05, 3.63) is 35.9 Å². The van der Waals surface area contributed by atoms with Crippen LogP contribution >= 0.6 is 0 Å². The second-order valence-corrected chi connectivity index (χ2v) is 7.76. The predicted octanol–water partition coefficient (Wildman–Crippen LogP) is 1.90. The highest BCUT2D eigenvalue weighted by atomic mass is 16.2. The molecule has 4 heteroatoms. The number of likely N-dealkylation sites (tertiary alicyclic amines) is 1. The van der Waals surface area contributed by atoms with Crippen LogP contribution in [-0.2, 0) is 11.2 Å². The zero-order chi connectivity index (χ0) is 16.4. The lowest BCUT2D eigenvalue weighted by molar-refractivity contribution is -0.131. The average molecular weight is 327 g/mol. The second-order valence-electron chi connectivity index (χ2n) is 7.76. The number of carbonyl (C=O) groups is 1. The summed E-state index contributed by atoms with van der Waals surface area (Å²) in [6, 6.07) is 11.2. The highest BCUT2D eigenvalue weighted by molar-refractivity contribution is 5.82. The summed E-state index contributed by atoms with van der Waals surface area (Å²) < 4.78 is 0. The third-order valence-electron chi connectivity index (χ3n) is 6.13.